The van der Waals surface area contributed by atoms with Crippen molar-refractivity contribution in [2.45, 2.75) is 52.2 Å². The van der Waals surface area contributed by atoms with E-state index >= 15 is 0 Å². The van der Waals surface area contributed by atoms with Gasteiger partial charge in [-0.1, -0.05) is 5.21 Å². The number of benzene rings is 1. The van der Waals surface area contributed by atoms with Gasteiger partial charge in [0.05, 0.1) is 32.3 Å². The van der Waals surface area contributed by atoms with Crippen molar-refractivity contribution in [3.63, 3.8) is 0 Å². The van der Waals surface area contributed by atoms with Crippen molar-refractivity contribution in [2.75, 3.05) is 34.2 Å². The average Bonchev–Trinajstić information content (AvgIpc) is 3.26. The highest BCUT2D eigenvalue weighted by molar-refractivity contribution is 5.89. The van der Waals surface area contributed by atoms with Crippen LogP contribution in [0, 0.1) is 0 Å². The minimum absolute atomic E-state index is 0.0372. The van der Waals surface area contributed by atoms with Crippen LogP contribution in [0.4, 0.5) is 10.5 Å². The Labute approximate surface area is 206 Å². The van der Waals surface area contributed by atoms with E-state index in [9.17, 15) is 14.7 Å². The fourth-order valence-electron chi connectivity index (χ4n) is 4.66. The van der Waals surface area contributed by atoms with Gasteiger partial charge in [-0.25, -0.2) is 14.1 Å². The van der Waals surface area contributed by atoms with Gasteiger partial charge >= 0.3 is 12.0 Å². The Balaban J connectivity index is 0.00000137. The second-order valence-electron chi connectivity index (χ2n) is 9.17. The second-order valence-corrected chi connectivity index (χ2v) is 9.17. The fourth-order valence-corrected chi connectivity index (χ4v) is 4.66. The lowest BCUT2D eigenvalue weighted by Gasteiger charge is -2.45. The normalized spacial score (nSPS) is 21.0. The topological polar surface area (TPSA) is 129 Å². The zero-order valence-corrected chi connectivity index (χ0v) is 21.4. The third-order valence-electron chi connectivity index (χ3n) is 6.78. The average molecular weight is 490 g/mol. The third-order valence-corrected chi connectivity index (χ3v) is 6.78. The Morgan fingerprint density at radius 1 is 1.31 bits per heavy atom. The standard InChI is InChI=1S/C23H34N6O3.CH2O2/c1-7-28(23(31)32)21-13-16(2)29(6,17(3)30)22-10-9-18(14-19(21)22)20-15-27(25-24-20)12-8-11-26(4)5;2-1-3/h9-10,14-16,21H,7-8,11-13H2,1-6H3;1H,(H,2,3)/p+1/t16-,21+,29?;/m0./s1. The molecule has 0 radical (unpaired) electrons. The molecule has 1 aliphatic rings. The molecule has 0 bridgehead atoms. The predicted molar refractivity (Wildman–Crippen MR) is 133 cm³/mol. The van der Waals surface area contributed by atoms with Gasteiger partial charge < -0.3 is 20.0 Å². The fraction of sp³-hybridized carbons (Fsp3) is 0.542. The maximum absolute atomic E-state index is 12.7. The van der Waals surface area contributed by atoms with Crippen molar-refractivity contribution in [3.8, 4) is 11.3 Å². The highest BCUT2D eigenvalue weighted by Crippen LogP contribution is 2.45. The number of carboxylic acid groups (broad SMARTS) is 2. The minimum Gasteiger partial charge on any atom is -0.483 e. The van der Waals surface area contributed by atoms with Crippen LogP contribution in [-0.4, -0.2) is 93.8 Å². The van der Waals surface area contributed by atoms with Crippen LogP contribution in [0.2, 0.25) is 0 Å². The number of carbonyl (C=O) groups excluding carboxylic acids is 1. The molecule has 35 heavy (non-hydrogen) atoms. The van der Waals surface area contributed by atoms with Gasteiger partial charge in [-0.05, 0) is 53.0 Å². The van der Waals surface area contributed by atoms with E-state index in [0.29, 0.717) is 13.0 Å². The van der Waals surface area contributed by atoms with E-state index in [1.54, 1.807) is 6.92 Å². The van der Waals surface area contributed by atoms with E-state index in [0.717, 1.165) is 42.0 Å². The molecular formula is C24H37N6O5+. The lowest BCUT2D eigenvalue weighted by atomic mass is 9.87. The molecule has 3 atom stereocenters. The van der Waals surface area contributed by atoms with E-state index in [2.05, 4.69) is 15.2 Å². The highest BCUT2D eigenvalue weighted by atomic mass is 16.4. The van der Waals surface area contributed by atoms with Gasteiger partial charge in [-0.3, -0.25) is 9.48 Å². The van der Waals surface area contributed by atoms with E-state index in [1.807, 2.05) is 64.1 Å². The number of aromatic nitrogens is 3. The van der Waals surface area contributed by atoms with Crippen LogP contribution in [0.15, 0.2) is 24.4 Å². The Hall–Kier alpha value is -3.31. The molecule has 3 rings (SSSR count). The monoisotopic (exact) mass is 489 g/mol. The van der Waals surface area contributed by atoms with Gasteiger partial charge in [0.15, 0.2) is 0 Å². The summed E-state index contributed by atoms with van der Waals surface area (Å²) in [5, 5.41) is 25.3. The van der Waals surface area contributed by atoms with Crippen LogP contribution in [0.5, 0.6) is 0 Å². The Morgan fingerprint density at radius 3 is 2.51 bits per heavy atom. The summed E-state index contributed by atoms with van der Waals surface area (Å²) in [6.45, 7) is 7.33. The Morgan fingerprint density at radius 2 is 1.97 bits per heavy atom. The van der Waals surface area contributed by atoms with Gasteiger partial charge in [0.2, 0.25) is 0 Å². The minimum atomic E-state index is -0.952. The first kappa shape index (κ1) is 27.9. The SMILES string of the molecule is CCN(C(=O)O)[C@@H]1C[C@H](C)[N+](C)(C(C)=O)c2ccc(-c3cn(CCCN(C)C)nn3)cc21.O=CO. The summed E-state index contributed by atoms with van der Waals surface area (Å²) in [4.78, 5) is 36.6. The van der Waals surface area contributed by atoms with Crippen LogP contribution in [-0.2, 0) is 16.1 Å². The molecule has 0 saturated heterocycles. The third kappa shape index (κ3) is 6.04. The van der Waals surface area contributed by atoms with Crippen molar-refractivity contribution in [1.29, 1.82) is 0 Å². The van der Waals surface area contributed by atoms with Crippen molar-refractivity contribution in [3.05, 3.63) is 30.0 Å². The van der Waals surface area contributed by atoms with Crippen LogP contribution in [0.25, 0.3) is 11.3 Å². The summed E-state index contributed by atoms with van der Waals surface area (Å²) in [6.07, 6.45) is 2.51. The zero-order chi connectivity index (χ0) is 26.3. The quantitative estimate of drug-likeness (QED) is 0.449. The number of hydrogen-bond donors (Lipinski definition) is 2. The number of amides is 2. The van der Waals surface area contributed by atoms with E-state index in [1.165, 1.54) is 4.90 Å². The molecule has 1 aromatic carbocycles. The molecule has 0 fully saturated rings. The van der Waals surface area contributed by atoms with Gasteiger partial charge in [0.1, 0.15) is 11.4 Å². The first-order valence-corrected chi connectivity index (χ1v) is 11.7. The summed E-state index contributed by atoms with van der Waals surface area (Å²) in [5.74, 6) is 0.0372. The highest BCUT2D eigenvalue weighted by Gasteiger charge is 2.47. The van der Waals surface area contributed by atoms with Crippen LogP contribution < -0.4 is 4.48 Å². The van der Waals surface area contributed by atoms with Crippen molar-refractivity contribution < 1.29 is 24.6 Å². The molecule has 1 aliphatic heterocycles. The van der Waals surface area contributed by atoms with Crippen LogP contribution in [0.3, 0.4) is 0 Å². The molecule has 11 heteroatoms. The molecular weight excluding hydrogens is 452 g/mol. The Kier molecular flexibility index (Phi) is 9.49. The number of fused-ring (bicyclic) bond motifs is 1. The lowest BCUT2D eigenvalue weighted by Crippen LogP contribution is -2.60. The number of rotatable bonds is 7. The molecule has 11 nitrogen and oxygen atoms in total. The summed E-state index contributed by atoms with van der Waals surface area (Å²) >= 11 is 0. The summed E-state index contributed by atoms with van der Waals surface area (Å²) in [7, 11) is 6.00. The smallest absolute Gasteiger partial charge is 0.407 e. The molecule has 2 amide bonds. The first-order chi connectivity index (χ1) is 16.5. The predicted octanol–water partition coefficient (Wildman–Crippen LogP) is 2.91. The molecule has 2 aromatic rings. The largest absolute Gasteiger partial charge is 0.483 e. The number of hydrogen-bond acceptors (Lipinski definition) is 6. The van der Waals surface area contributed by atoms with E-state index in [4.69, 9.17) is 9.90 Å². The van der Waals surface area contributed by atoms with Gasteiger partial charge in [-0.15, -0.1) is 5.10 Å². The van der Waals surface area contributed by atoms with Gasteiger partial charge in [0.25, 0.3) is 6.47 Å². The molecule has 2 N–H and O–H groups in total. The second kappa shape index (κ2) is 11.9. The lowest BCUT2D eigenvalue weighted by molar-refractivity contribution is -0.129. The molecule has 1 unspecified atom stereocenters. The maximum Gasteiger partial charge on any atom is 0.407 e. The first-order valence-electron chi connectivity index (χ1n) is 11.7. The molecule has 0 aliphatic carbocycles. The van der Waals surface area contributed by atoms with Gasteiger partial charge in [0, 0.05) is 36.7 Å². The summed E-state index contributed by atoms with van der Waals surface area (Å²) in [6, 6.07) is 5.55. The van der Waals surface area contributed by atoms with Crippen molar-refractivity contribution in [1.82, 2.24) is 29.3 Å². The van der Waals surface area contributed by atoms with Crippen molar-refractivity contribution in [2.24, 2.45) is 0 Å². The number of quaternary nitrogens is 1. The molecule has 192 valence electrons. The molecule has 1 aromatic heterocycles. The van der Waals surface area contributed by atoms with Crippen LogP contribution in [0.1, 0.15) is 45.2 Å². The molecule has 0 spiro atoms. The number of nitrogens with zero attached hydrogens (tertiary/aromatic N) is 6. The zero-order valence-electron chi connectivity index (χ0n) is 21.4. The van der Waals surface area contributed by atoms with E-state index in [-0.39, 0.29) is 28.9 Å². The number of carbonyl (C=O) groups is 3. The van der Waals surface area contributed by atoms with Gasteiger partial charge in [-0.2, -0.15) is 0 Å². The van der Waals surface area contributed by atoms with Crippen molar-refractivity contribution >= 4 is 24.2 Å². The summed E-state index contributed by atoms with van der Waals surface area (Å²) < 4.78 is 1.99. The number of aryl methyl sites for hydroxylation is 1. The molecule has 0 saturated carbocycles. The summed E-state index contributed by atoms with van der Waals surface area (Å²) in [5.41, 5.74) is 3.33. The molecule has 2 heterocycles. The maximum atomic E-state index is 12.7. The van der Waals surface area contributed by atoms with Crippen LogP contribution >= 0.6 is 0 Å². The van der Waals surface area contributed by atoms with E-state index < -0.39 is 6.09 Å². The Bertz CT molecular complexity index is 1040.